The van der Waals surface area contributed by atoms with Gasteiger partial charge in [0, 0.05) is 29.8 Å². The largest absolute Gasteiger partial charge is 0.487 e. The van der Waals surface area contributed by atoms with Gasteiger partial charge in [0.25, 0.3) is 10.1 Å². The molecular formula is C30H31N3O7S. The van der Waals surface area contributed by atoms with Crippen molar-refractivity contribution in [1.29, 1.82) is 0 Å². The van der Waals surface area contributed by atoms with Crippen LogP contribution in [0.15, 0.2) is 71.9 Å². The van der Waals surface area contributed by atoms with Crippen molar-refractivity contribution < 1.29 is 31.5 Å². The maximum Gasteiger partial charge on any atom is 0.297 e. The predicted octanol–water partition coefficient (Wildman–Crippen LogP) is 4.49. The third-order valence-corrected chi connectivity index (χ3v) is 7.13. The van der Waals surface area contributed by atoms with Gasteiger partial charge in [0.2, 0.25) is 0 Å². The Kier molecular flexibility index (Phi) is 10.5. The molecule has 0 saturated carbocycles. The lowest BCUT2D eigenvalue weighted by Gasteiger charge is -2.15. The quantitative estimate of drug-likeness (QED) is 0.123. The summed E-state index contributed by atoms with van der Waals surface area (Å²) in [6, 6.07) is 17.5. The number of hydrogen-bond donors (Lipinski definition) is 1. The van der Waals surface area contributed by atoms with Gasteiger partial charge in [0.05, 0.1) is 36.8 Å². The molecule has 3 aromatic carbocycles. The molecular weight excluding hydrogens is 546 g/mol. The number of hydrogen-bond acceptors (Lipinski definition) is 10. The maximum atomic E-state index is 12.3. The minimum Gasteiger partial charge on any atom is -0.487 e. The van der Waals surface area contributed by atoms with E-state index in [1.165, 1.54) is 18.5 Å². The summed E-state index contributed by atoms with van der Waals surface area (Å²) in [5.74, 6) is 4.14. The molecule has 0 fully saturated rings. The fraction of sp³-hybridized carbons (Fsp3) is 0.267. The molecule has 0 radical (unpaired) electrons. The Morgan fingerprint density at radius 2 is 1.61 bits per heavy atom. The van der Waals surface area contributed by atoms with E-state index in [4.69, 9.17) is 29.6 Å². The topological polar surface area (TPSA) is 118 Å². The van der Waals surface area contributed by atoms with Crippen molar-refractivity contribution in [2.75, 3.05) is 52.1 Å². The molecule has 0 unspecified atom stereocenters. The fourth-order valence-electron chi connectivity index (χ4n) is 3.74. The van der Waals surface area contributed by atoms with E-state index in [1.54, 1.807) is 31.4 Å². The Morgan fingerprint density at radius 3 is 2.37 bits per heavy atom. The Bertz CT molecular complexity index is 1600. The SMILES string of the molecule is C#Cc1cccc(Nc2ncnc3cc(OCCOC)c(OCCOCCOS(=O)(=O)c4ccc(C)cc4)cc23)c1. The van der Waals surface area contributed by atoms with E-state index in [9.17, 15) is 8.42 Å². The molecule has 214 valence electrons. The molecule has 1 aromatic heterocycles. The highest BCUT2D eigenvalue weighted by molar-refractivity contribution is 7.86. The Balaban J connectivity index is 1.39. The lowest BCUT2D eigenvalue weighted by atomic mass is 10.2. The van der Waals surface area contributed by atoms with Gasteiger partial charge in [-0.2, -0.15) is 8.42 Å². The standard InChI is InChI=1S/C30H31N3O7S/c1-4-23-6-5-7-24(18-23)33-30-26-19-28(29(38-15-12-36-3)20-27(26)31-21-32-30)39-16-13-37-14-17-40-41(34,35)25-10-8-22(2)9-11-25/h1,5-11,18-21H,12-17H2,2-3H3,(H,31,32,33). The number of aromatic nitrogens is 2. The molecule has 0 aliphatic rings. The van der Waals surface area contributed by atoms with Gasteiger partial charge in [0.1, 0.15) is 25.4 Å². The lowest BCUT2D eigenvalue weighted by molar-refractivity contribution is 0.0764. The van der Waals surface area contributed by atoms with Crippen molar-refractivity contribution in [2.24, 2.45) is 0 Å². The summed E-state index contributed by atoms with van der Waals surface area (Å²) in [7, 11) is -2.25. The second-order valence-electron chi connectivity index (χ2n) is 8.78. The Hall–Kier alpha value is -4.21. The predicted molar refractivity (Wildman–Crippen MR) is 155 cm³/mol. The molecule has 0 amide bonds. The van der Waals surface area contributed by atoms with Crippen LogP contribution in [0.1, 0.15) is 11.1 Å². The molecule has 4 aromatic rings. The monoisotopic (exact) mass is 577 g/mol. The summed E-state index contributed by atoms with van der Waals surface area (Å²) in [5, 5.41) is 4.00. The van der Waals surface area contributed by atoms with Crippen LogP contribution in [-0.4, -0.2) is 65.1 Å². The second-order valence-corrected chi connectivity index (χ2v) is 10.4. The molecule has 0 saturated heterocycles. The molecule has 41 heavy (non-hydrogen) atoms. The number of nitrogens with zero attached hydrogens (tertiary/aromatic N) is 2. The number of benzene rings is 3. The number of nitrogens with one attached hydrogen (secondary N) is 1. The van der Waals surface area contributed by atoms with Crippen LogP contribution < -0.4 is 14.8 Å². The zero-order chi connectivity index (χ0) is 29.1. The maximum absolute atomic E-state index is 12.3. The van der Waals surface area contributed by atoms with Gasteiger partial charge >= 0.3 is 0 Å². The first-order valence-electron chi connectivity index (χ1n) is 12.8. The van der Waals surface area contributed by atoms with Gasteiger partial charge in [-0.05, 0) is 43.3 Å². The molecule has 0 bridgehead atoms. The lowest BCUT2D eigenvalue weighted by Crippen LogP contribution is -2.14. The highest BCUT2D eigenvalue weighted by atomic mass is 32.2. The third-order valence-electron chi connectivity index (χ3n) is 5.80. The van der Waals surface area contributed by atoms with E-state index in [0.29, 0.717) is 41.4 Å². The number of rotatable bonds is 15. The van der Waals surface area contributed by atoms with Crippen molar-refractivity contribution >= 4 is 32.5 Å². The van der Waals surface area contributed by atoms with Gasteiger partial charge < -0.3 is 24.3 Å². The molecule has 0 aliphatic carbocycles. The average molecular weight is 578 g/mol. The van der Waals surface area contributed by atoms with Crippen molar-refractivity contribution in [2.45, 2.75) is 11.8 Å². The molecule has 4 rings (SSSR count). The van der Waals surface area contributed by atoms with Crippen LogP contribution >= 0.6 is 0 Å². The van der Waals surface area contributed by atoms with Crippen LogP contribution in [0.4, 0.5) is 11.5 Å². The van der Waals surface area contributed by atoms with Crippen LogP contribution in [0.2, 0.25) is 0 Å². The van der Waals surface area contributed by atoms with E-state index in [0.717, 1.165) is 16.8 Å². The van der Waals surface area contributed by atoms with E-state index in [1.807, 2.05) is 31.2 Å². The van der Waals surface area contributed by atoms with Crippen LogP contribution in [0.25, 0.3) is 10.9 Å². The van der Waals surface area contributed by atoms with Gasteiger partial charge in [-0.15, -0.1) is 6.42 Å². The van der Waals surface area contributed by atoms with Gasteiger partial charge in [-0.3, -0.25) is 4.18 Å². The summed E-state index contributed by atoms with van der Waals surface area (Å²) in [5.41, 5.74) is 3.13. The normalized spacial score (nSPS) is 11.2. The van der Waals surface area contributed by atoms with Gasteiger partial charge in [-0.1, -0.05) is 29.7 Å². The zero-order valence-corrected chi connectivity index (χ0v) is 23.6. The zero-order valence-electron chi connectivity index (χ0n) is 22.8. The summed E-state index contributed by atoms with van der Waals surface area (Å²) < 4.78 is 52.1. The van der Waals surface area contributed by atoms with E-state index in [2.05, 4.69) is 21.2 Å². The van der Waals surface area contributed by atoms with E-state index in [-0.39, 0.29) is 31.3 Å². The first-order valence-corrected chi connectivity index (χ1v) is 14.2. The molecule has 10 nitrogen and oxygen atoms in total. The molecule has 0 spiro atoms. The van der Waals surface area contributed by atoms with Crippen LogP contribution in [-0.2, 0) is 23.8 Å². The van der Waals surface area contributed by atoms with E-state index >= 15 is 0 Å². The van der Waals surface area contributed by atoms with Crippen molar-refractivity contribution in [3.05, 3.63) is 78.1 Å². The number of fused-ring (bicyclic) bond motifs is 1. The number of aryl methyl sites for hydroxylation is 1. The summed E-state index contributed by atoms with van der Waals surface area (Å²) in [6.45, 7) is 2.91. The first-order chi connectivity index (χ1) is 19.9. The highest BCUT2D eigenvalue weighted by Gasteiger charge is 2.15. The smallest absolute Gasteiger partial charge is 0.297 e. The Labute approximate surface area is 239 Å². The number of terminal acetylenes is 1. The number of ether oxygens (including phenoxy) is 4. The molecule has 1 heterocycles. The first kappa shape index (κ1) is 29.8. The van der Waals surface area contributed by atoms with Crippen LogP contribution in [0.3, 0.4) is 0 Å². The molecule has 11 heteroatoms. The van der Waals surface area contributed by atoms with Crippen molar-refractivity contribution in [3.63, 3.8) is 0 Å². The molecule has 1 N–H and O–H groups in total. The van der Waals surface area contributed by atoms with Gasteiger partial charge in [0.15, 0.2) is 11.5 Å². The number of anilines is 2. The van der Waals surface area contributed by atoms with Crippen molar-refractivity contribution in [1.82, 2.24) is 9.97 Å². The van der Waals surface area contributed by atoms with Crippen molar-refractivity contribution in [3.8, 4) is 23.8 Å². The van der Waals surface area contributed by atoms with Crippen LogP contribution in [0, 0.1) is 19.3 Å². The summed E-state index contributed by atoms with van der Waals surface area (Å²) in [4.78, 5) is 8.89. The van der Waals surface area contributed by atoms with Gasteiger partial charge in [-0.25, -0.2) is 9.97 Å². The molecule has 0 atom stereocenters. The highest BCUT2D eigenvalue weighted by Crippen LogP contribution is 2.35. The second kappa shape index (κ2) is 14.4. The average Bonchev–Trinajstić information content (AvgIpc) is 2.97. The third kappa shape index (κ3) is 8.39. The minimum absolute atomic E-state index is 0.0714. The summed E-state index contributed by atoms with van der Waals surface area (Å²) in [6.07, 6.45) is 7.00. The molecule has 0 aliphatic heterocycles. The Morgan fingerprint density at radius 1 is 0.878 bits per heavy atom. The van der Waals surface area contributed by atoms with Crippen LogP contribution in [0.5, 0.6) is 11.5 Å². The summed E-state index contributed by atoms with van der Waals surface area (Å²) >= 11 is 0. The number of methoxy groups -OCH3 is 1. The minimum atomic E-state index is -3.85. The van der Waals surface area contributed by atoms with E-state index < -0.39 is 10.1 Å². The fourth-order valence-corrected chi connectivity index (χ4v) is 4.63.